The van der Waals surface area contributed by atoms with Gasteiger partial charge >= 0.3 is 5.97 Å². The van der Waals surface area contributed by atoms with Gasteiger partial charge in [0.15, 0.2) is 6.61 Å². The number of nitriles is 1. The van der Waals surface area contributed by atoms with Crippen molar-refractivity contribution in [3.8, 4) is 11.8 Å². The van der Waals surface area contributed by atoms with E-state index in [9.17, 15) is 14.9 Å². The third-order valence-electron chi connectivity index (χ3n) is 5.87. The fraction of sp³-hybridized carbons (Fsp3) is 0.280. The Labute approximate surface area is 204 Å². The Kier molecular flexibility index (Phi) is 6.18. The van der Waals surface area contributed by atoms with Crippen LogP contribution < -0.4 is 5.32 Å². The number of thiophene rings is 2. The van der Waals surface area contributed by atoms with Gasteiger partial charge in [0.05, 0.1) is 16.9 Å². The normalized spacial score (nSPS) is 13.2. The molecule has 5 rings (SSSR count). The number of benzene rings is 1. The second-order valence-electron chi connectivity index (χ2n) is 8.17. The zero-order valence-electron chi connectivity index (χ0n) is 18.6. The number of hydrogen-bond donors (Lipinski definition) is 1. The maximum Gasteiger partial charge on any atom is 0.348 e. The molecule has 4 aromatic rings. The van der Waals surface area contributed by atoms with Gasteiger partial charge in [-0.2, -0.15) is 10.4 Å². The lowest BCUT2D eigenvalue weighted by Gasteiger charge is -2.05. The van der Waals surface area contributed by atoms with Crippen LogP contribution in [0.15, 0.2) is 36.4 Å². The topological polar surface area (TPSA) is 97.0 Å². The number of nitrogens with zero attached hydrogens (tertiary/aromatic N) is 3. The molecule has 1 N–H and O–H groups in total. The number of anilines is 1. The third-order valence-corrected chi connectivity index (χ3v) is 8.16. The summed E-state index contributed by atoms with van der Waals surface area (Å²) in [4.78, 5) is 27.6. The quantitative estimate of drug-likeness (QED) is 0.299. The van der Waals surface area contributed by atoms with Crippen LogP contribution in [0.1, 0.15) is 50.6 Å². The average Bonchev–Trinajstić information content (AvgIpc) is 3.45. The molecule has 34 heavy (non-hydrogen) atoms. The van der Waals surface area contributed by atoms with E-state index in [1.807, 2.05) is 41.9 Å². The summed E-state index contributed by atoms with van der Waals surface area (Å²) in [5.41, 5.74) is 3.33. The van der Waals surface area contributed by atoms with Crippen LogP contribution in [0.3, 0.4) is 0 Å². The summed E-state index contributed by atoms with van der Waals surface area (Å²) in [7, 11) is 0. The van der Waals surface area contributed by atoms with Gasteiger partial charge < -0.3 is 10.1 Å². The number of carbonyl (C=O) groups excluding carboxylic acids is 2. The molecule has 0 radical (unpaired) electrons. The number of rotatable bonds is 5. The van der Waals surface area contributed by atoms with Gasteiger partial charge in [0, 0.05) is 10.3 Å². The Morgan fingerprint density at radius 1 is 1.18 bits per heavy atom. The van der Waals surface area contributed by atoms with E-state index in [1.54, 1.807) is 6.07 Å². The van der Waals surface area contributed by atoms with Crippen molar-refractivity contribution >= 4 is 49.8 Å². The lowest BCUT2D eigenvalue weighted by atomic mass is 10.1. The monoisotopic (exact) mass is 490 g/mol. The fourth-order valence-electron chi connectivity index (χ4n) is 4.21. The smallest absolute Gasteiger partial charge is 0.348 e. The molecule has 9 heteroatoms. The van der Waals surface area contributed by atoms with Crippen LogP contribution in [0, 0.1) is 18.3 Å². The molecule has 0 bridgehead atoms. The van der Waals surface area contributed by atoms with Crippen LogP contribution in [-0.4, -0.2) is 28.3 Å². The molecular weight excluding hydrogens is 468 g/mol. The second-order valence-corrected chi connectivity index (χ2v) is 10.3. The van der Waals surface area contributed by atoms with Gasteiger partial charge in [-0.1, -0.05) is 24.6 Å². The van der Waals surface area contributed by atoms with Crippen molar-refractivity contribution in [3.05, 3.63) is 63.0 Å². The van der Waals surface area contributed by atoms with Gasteiger partial charge in [-0.25, -0.2) is 9.48 Å². The summed E-state index contributed by atoms with van der Waals surface area (Å²) in [6.07, 6.45) is 5.11. The van der Waals surface area contributed by atoms with E-state index in [2.05, 4.69) is 16.5 Å². The van der Waals surface area contributed by atoms with Crippen molar-refractivity contribution in [2.75, 3.05) is 11.9 Å². The highest BCUT2D eigenvalue weighted by molar-refractivity contribution is 7.20. The van der Waals surface area contributed by atoms with E-state index in [0.29, 0.717) is 15.4 Å². The van der Waals surface area contributed by atoms with Crippen molar-refractivity contribution in [3.63, 3.8) is 0 Å². The average molecular weight is 491 g/mol. The minimum atomic E-state index is -0.558. The highest BCUT2D eigenvalue weighted by Crippen LogP contribution is 2.37. The van der Waals surface area contributed by atoms with E-state index < -0.39 is 18.5 Å². The number of hydrogen-bond acceptors (Lipinski definition) is 7. The molecule has 0 fully saturated rings. The molecule has 0 saturated carbocycles. The Balaban J connectivity index is 1.28. The van der Waals surface area contributed by atoms with Gasteiger partial charge in [-0.15, -0.1) is 22.7 Å². The molecule has 0 aliphatic heterocycles. The van der Waals surface area contributed by atoms with E-state index in [0.717, 1.165) is 59.3 Å². The third kappa shape index (κ3) is 4.22. The molecule has 3 aromatic heterocycles. The van der Waals surface area contributed by atoms with Gasteiger partial charge in [0.25, 0.3) is 5.91 Å². The minimum absolute atomic E-state index is 0.411. The molecule has 7 nitrogen and oxygen atoms in total. The highest BCUT2D eigenvalue weighted by atomic mass is 32.1. The van der Waals surface area contributed by atoms with Crippen LogP contribution in [-0.2, 0) is 22.4 Å². The number of carbonyl (C=O) groups is 2. The molecule has 0 saturated heterocycles. The lowest BCUT2D eigenvalue weighted by Crippen LogP contribution is -2.20. The molecule has 1 aliphatic rings. The number of fused-ring (bicyclic) bond motifs is 2. The van der Waals surface area contributed by atoms with Crippen LogP contribution in [0.4, 0.5) is 5.00 Å². The Morgan fingerprint density at radius 2 is 1.97 bits per heavy atom. The first-order valence-electron chi connectivity index (χ1n) is 11.1. The molecule has 0 unspecified atom stereocenters. The van der Waals surface area contributed by atoms with E-state index in [4.69, 9.17) is 4.74 Å². The van der Waals surface area contributed by atoms with Crippen molar-refractivity contribution < 1.29 is 14.3 Å². The molecule has 1 aromatic carbocycles. The van der Waals surface area contributed by atoms with Gasteiger partial charge in [-0.3, -0.25) is 4.79 Å². The molecule has 1 amide bonds. The van der Waals surface area contributed by atoms with Gasteiger partial charge in [0.2, 0.25) is 0 Å². The zero-order chi connectivity index (χ0) is 23.7. The summed E-state index contributed by atoms with van der Waals surface area (Å²) in [5.74, 6) is -1.01. The van der Waals surface area contributed by atoms with Gasteiger partial charge in [0.1, 0.15) is 20.8 Å². The Bertz CT molecular complexity index is 1430. The van der Waals surface area contributed by atoms with E-state index in [1.165, 1.54) is 27.6 Å². The minimum Gasteiger partial charge on any atom is -0.451 e. The number of amides is 1. The van der Waals surface area contributed by atoms with Crippen molar-refractivity contribution in [1.29, 1.82) is 5.26 Å². The first kappa shape index (κ1) is 22.3. The maximum absolute atomic E-state index is 12.7. The summed E-state index contributed by atoms with van der Waals surface area (Å²) in [6.45, 7) is 1.48. The summed E-state index contributed by atoms with van der Waals surface area (Å²) < 4.78 is 7.10. The van der Waals surface area contributed by atoms with Crippen LogP contribution in [0.5, 0.6) is 0 Å². The van der Waals surface area contributed by atoms with Crippen LogP contribution >= 0.6 is 22.7 Å². The first-order chi connectivity index (χ1) is 16.5. The first-order valence-corrected chi connectivity index (χ1v) is 12.7. The standard InChI is InChI=1S/C25H22N4O3S2/c1-15-18-12-21(34-24(18)29(28-15)16-8-4-2-5-9-16)25(31)32-14-22(30)27-23-19(13-26)17-10-6-3-7-11-20(17)33-23/h2,4-5,8-9,12H,3,6-7,10-11,14H2,1H3,(H,27,30). The Hall–Kier alpha value is -3.48. The molecule has 172 valence electrons. The van der Waals surface area contributed by atoms with E-state index in [-0.39, 0.29) is 0 Å². The van der Waals surface area contributed by atoms with Crippen molar-refractivity contribution in [2.45, 2.75) is 39.0 Å². The predicted octanol–water partition coefficient (Wildman–Crippen LogP) is 5.39. The van der Waals surface area contributed by atoms with E-state index >= 15 is 0 Å². The number of para-hydroxylation sites is 1. The molecule has 1 aliphatic carbocycles. The predicted molar refractivity (Wildman–Crippen MR) is 133 cm³/mol. The summed E-state index contributed by atoms with van der Waals surface area (Å²) in [5, 5.41) is 18.4. The number of esters is 1. The molecule has 0 spiro atoms. The Morgan fingerprint density at radius 3 is 2.76 bits per heavy atom. The van der Waals surface area contributed by atoms with Crippen LogP contribution in [0.2, 0.25) is 0 Å². The largest absolute Gasteiger partial charge is 0.451 e. The second kappa shape index (κ2) is 9.41. The van der Waals surface area contributed by atoms with Crippen molar-refractivity contribution in [1.82, 2.24) is 9.78 Å². The van der Waals surface area contributed by atoms with Gasteiger partial charge in [-0.05, 0) is 56.4 Å². The number of ether oxygens (including phenoxy) is 1. The SMILES string of the molecule is Cc1nn(-c2ccccc2)c2sc(C(=O)OCC(=O)Nc3sc4c(c3C#N)CCCCC4)cc12. The number of aromatic nitrogens is 2. The summed E-state index contributed by atoms with van der Waals surface area (Å²) >= 11 is 2.74. The molecule has 0 atom stereocenters. The van der Waals surface area contributed by atoms with Crippen molar-refractivity contribution in [2.24, 2.45) is 0 Å². The lowest BCUT2D eigenvalue weighted by molar-refractivity contribution is -0.119. The summed E-state index contributed by atoms with van der Waals surface area (Å²) in [6, 6.07) is 13.7. The van der Waals surface area contributed by atoms with Crippen LogP contribution in [0.25, 0.3) is 15.9 Å². The molecular formula is C25H22N4O3S2. The maximum atomic E-state index is 12.7. The number of nitrogens with one attached hydrogen (secondary N) is 1. The zero-order valence-corrected chi connectivity index (χ0v) is 20.2. The highest BCUT2D eigenvalue weighted by Gasteiger charge is 2.22. The molecule has 3 heterocycles. The number of aryl methyl sites for hydroxylation is 2. The fourth-order valence-corrected chi connectivity index (χ4v) is 6.54.